The highest BCUT2D eigenvalue weighted by Crippen LogP contribution is 2.38. The Morgan fingerprint density at radius 3 is 2.66 bits per heavy atom. The van der Waals surface area contributed by atoms with Crippen LogP contribution in [0.1, 0.15) is 44.4 Å². The Morgan fingerprint density at radius 2 is 1.91 bits per heavy atom. The Bertz CT molecular complexity index is 1160. The van der Waals surface area contributed by atoms with Crippen LogP contribution in [0.2, 0.25) is 0 Å². The highest BCUT2D eigenvalue weighted by atomic mass is 32.1. The Hall–Kier alpha value is -3.16. The largest absolute Gasteiger partial charge is 0.497 e. The third-order valence-electron chi connectivity index (χ3n) is 6.39. The maximum Gasteiger partial charge on any atom is 0.254 e. The average Bonchev–Trinajstić information content (AvgIpc) is 3.37. The summed E-state index contributed by atoms with van der Waals surface area (Å²) in [4.78, 5) is 32.1. The van der Waals surface area contributed by atoms with Gasteiger partial charge >= 0.3 is 0 Å². The molecular weight excluding hydrogens is 460 g/mol. The molecule has 0 bridgehead atoms. The second kappa shape index (κ2) is 11.5. The third kappa shape index (κ3) is 5.74. The minimum Gasteiger partial charge on any atom is -0.497 e. The first-order valence-electron chi connectivity index (χ1n) is 11.9. The van der Waals surface area contributed by atoms with Gasteiger partial charge < -0.3 is 19.3 Å². The summed E-state index contributed by atoms with van der Waals surface area (Å²) in [7, 11) is 3.21. The molecule has 1 atom stereocenters. The monoisotopic (exact) mass is 492 g/mol. The van der Waals surface area contributed by atoms with E-state index in [1.54, 1.807) is 54.7 Å². The fourth-order valence-electron chi connectivity index (χ4n) is 4.54. The summed E-state index contributed by atoms with van der Waals surface area (Å²) in [6.07, 6.45) is 1.48. The smallest absolute Gasteiger partial charge is 0.254 e. The van der Waals surface area contributed by atoms with Crippen LogP contribution in [0.5, 0.6) is 5.75 Å². The van der Waals surface area contributed by atoms with E-state index in [-0.39, 0.29) is 24.4 Å². The molecule has 35 heavy (non-hydrogen) atoms. The summed E-state index contributed by atoms with van der Waals surface area (Å²) in [5.41, 5.74) is 3.96. The summed E-state index contributed by atoms with van der Waals surface area (Å²) in [6, 6.07) is 17.4. The van der Waals surface area contributed by atoms with Gasteiger partial charge in [-0.2, -0.15) is 0 Å². The molecule has 0 fully saturated rings. The first-order valence-corrected chi connectivity index (χ1v) is 12.7. The van der Waals surface area contributed by atoms with Gasteiger partial charge in [0.2, 0.25) is 5.91 Å². The third-order valence-corrected chi connectivity index (χ3v) is 7.38. The number of carbonyl (C=O) groups is 2. The molecule has 0 N–H and O–H groups in total. The van der Waals surface area contributed by atoms with E-state index in [1.807, 2.05) is 4.90 Å². The van der Waals surface area contributed by atoms with Crippen LogP contribution in [0.3, 0.4) is 0 Å². The Labute approximate surface area is 211 Å². The summed E-state index contributed by atoms with van der Waals surface area (Å²) in [5.74, 6) is 0.369. The van der Waals surface area contributed by atoms with Crippen LogP contribution in [-0.2, 0) is 16.0 Å². The normalized spacial score (nSPS) is 14.9. The summed E-state index contributed by atoms with van der Waals surface area (Å²) in [5, 5.41) is 2.10. The molecule has 4 rings (SSSR count). The van der Waals surface area contributed by atoms with Gasteiger partial charge in [-0.3, -0.25) is 9.59 Å². The maximum atomic E-state index is 13.8. The molecule has 1 aliphatic heterocycles. The number of amides is 2. The standard InChI is InChI=1S/C28H32N2O4S/c1-20-8-10-21(11-9-20)27-24-13-17-35-25(24)12-15-30(27)26(31)19-29(14-5-16-33-2)28(32)22-6-4-7-23(18-22)34-3/h4,6-11,13,17-18,27H,5,12,14-16,19H2,1-3H3. The van der Waals surface area contributed by atoms with Gasteiger partial charge in [-0.05, 0) is 60.5 Å². The first-order chi connectivity index (χ1) is 17.0. The predicted molar refractivity (Wildman–Crippen MR) is 138 cm³/mol. The molecule has 6 nitrogen and oxygen atoms in total. The van der Waals surface area contributed by atoms with E-state index in [0.29, 0.717) is 37.4 Å². The lowest BCUT2D eigenvalue weighted by atomic mass is 9.92. The minimum absolute atomic E-state index is 0.0155. The van der Waals surface area contributed by atoms with Gasteiger partial charge in [-0.1, -0.05) is 35.9 Å². The molecule has 0 saturated heterocycles. The van der Waals surface area contributed by atoms with E-state index >= 15 is 0 Å². The number of rotatable bonds is 9. The molecule has 2 aromatic carbocycles. The number of nitrogens with zero attached hydrogens (tertiary/aromatic N) is 2. The molecule has 0 aliphatic carbocycles. The van der Waals surface area contributed by atoms with Gasteiger partial charge in [0.25, 0.3) is 5.91 Å². The van der Waals surface area contributed by atoms with Crippen molar-refractivity contribution in [1.82, 2.24) is 9.80 Å². The molecule has 1 aliphatic rings. The van der Waals surface area contributed by atoms with Crippen molar-refractivity contribution in [1.29, 1.82) is 0 Å². The van der Waals surface area contributed by atoms with Crippen LogP contribution < -0.4 is 4.74 Å². The van der Waals surface area contributed by atoms with Crippen molar-refractivity contribution in [2.24, 2.45) is 0 Å². The van der Waals surface area contributed by atoms with Crippen molar-refractivity contribution in [3.63, 3.8) is 0 Å². The van der Waals surface area contributed by atoms with Crippen LogP contribution in [0, 0.1) is 6.92 Å². The minimum atomic E-state index is -0.187. The number of hydrogen-bond acceptors (Lipinski definition) is 5. The first kappa shape index (κ1) is 24.9. The molecule has 1 aromatic heterocycles. The number of thiophene rings is 1. The number of benzene rings is 2. The van der Waals surface area contributed by atoms with Crippen molar-refractivity contribution in [3.05, 3.63) is 87.1 Å². The van der Waals surface area contributed by atoms with Crippen molar-refractivity contribution >= 4 is 23.2 Å². The number of hydrogen-bond donors (Lipinski definition) is 0. The fourth-order valence-corrected chi connectivity index (χ4v) is 5.44. The van der Waals surface area contributed by atoms with E-state index in [0.717, 1.165) is 12.0 Å². The number of fused-ring (bicyclic) bond motifs is 1. The lowest BCUT2D eigenvalue weighted by molar-refractivity contribution is -0.134. The second-order valence-electron chi connectivity index (χ2n) is 8.75. The Balaban J connectivity index is 1.60. The van der Waals surface area contributed by atoms with E-state index < -0.39 is 0 Å². The average molecular weight is 493 g/mol. The van der Waals surface area contributed by atoms with Gasteiger partial charge in [-0.15, -0.1) is 11.3 Å². The highest BCUT2D eigenvalue weighted by molar-refractivity contribution is 7.10. The fraction of sp³-hybridized carbons (Fsp3) is 0.357. The lowest BCUT2D eigenvalue weighted by Gasteiger charge is -2.37. The predicted octanol–water partition coefficient (Wildman–Crippen LogP) is 4.72. The number of carbonyl (C=O) groups excluding carboxylic acids is 2. The number of aryl methyl sites for hydroxylation is 1. The second-order valence-corrected chi connectivity index (χ2v) is 9.76. The highest BCUT2D eigenvalue weighted by Gasteiger charge is 2.34. The van der Waals surface area contributed by atoms with E-state index in [4.69, 9.17) is 9.47 Å². The van der Waals surface area contributed by atoms with Crippen LogP contribution in [0.25, 0.3) is 0 Å². The molecule has 2 heterocycles. The maximum absolute atomic E-state index is 13.8. The van der Waals surface area contributed by atoms with Gasteiger partial charge in [0.05, 0.1) is 13.2 Å². The Kier molecular flexibility index (Phi) is 8.21. The number of methoxy groups -OCH3 is 2. The van der Waals surface area contributed by atoms with Crippen molar-refractivity contribution in [2.45, 2.75) is 25.8 Å². The van der Waals surface area contributed by atoms with Crippen LogP contribution in [0.15, 0.2) is 60.0 Å². The van der Waals surface area contributed by atoms with Crippen molar-refractivity contribution in [2.75, 3.05) is 40.5 Å². The molecule has 0 saturated carbocycles. The molecule has 184 valence electrons. The quantitative estimate of drug-likeness (QED) is 0.406. The summed E-state index contributed by atoms with van der Waals surface area (Å²) in [6.45, 7) is 3.66. The van der Waals surface area contributed by atoms with Gasteiger partial charge in [0, 0.05) is 37.2 Å². The summed E-state index contributed by atoms with van der Waals surface area (Å²) >= 11 is 1.75. The Morgan fingerprint density at radius 1 is 1.11 bits per heavy atom. The van der Waals surface area contributed by atoms with Crippen molar-refractivity contribution in [3.8, 4) is 5.75 Å². The zero-order valence-corrected chi connectivity index (χ0v) is 21.3. The molecule has 7 heteroatoms. The lowest BCUT2D eigenvalue weighted by Crippen LogP contribution is -2.47. The van der Waals surface area contributed by atoms with Gasteiger partial charge in [0.1, 0.15) is 12.3 Å². The molecule has 0 radical (unpaired) electrons. The van der Waals surface area contributed by atoms with Gasteiger partial charge in [-0.25, -0.2) is 0 Å². The topological polar surface area (TPSA) is 59.1 Å². The zero-order valence-electron chi connectivity index (χ0n) is 20.5. The van der Waals surface area contributed by atoms with Crippen LogP contribution in [-0.4, -0.2) is 62.1 Å². The van der Waals surface area contributed by atoms with E-state index in [1.165, 1.54) is 16.0 Å². The molecule has 3 aromatic rings. The zero-order chi connectivity index (χ0) is 24.8. The van der Waals surface area contributed by atoms with Crippen LogP contribution in [0.4, 0.5) is 0 Å². The molecular formula is C28H32N2O4S. The molecule has 2 amide bonds. The number of ether oxygens (including phenoxy) is 2. The molecule has 0 spiro atoms. The van der Waals surface area contributed by atoms with Crippen LogP contribution >= 0.6 is 11.3 Å². The van der Waals surface area contributed by atoms with Gasteiger partial charge in [0.15, 0.2) is 0 Å². The SMILES string of the molecule is COCCCN(CC(=O)N1CCc2sccc2C1c1ccc(C)cc1)C(=O)c1cccc(OC)c1. The molecule has 1 unspecified atom stereocenters. The summed E-state index contributed by atoms with van der Waals surface area (Å²) < 4.78 is 10.5. The van der Waals surface area contributed by atoms with E-state index in [2.05, 4.69) is 42.6 Å². The van der Waals surface area contributed by atoms with E-state index in [9.17, 15) is 9.59 Å². The van der Waals surface area contributed by atoms with Crippen molar-refractivity contribution < 1.29 is 19.1 Å².